The van der Waals surface area contributed by atoms with Crippen molar-refractivity contribution in [3.63, 3.8) is 0 Å². The standard InChI is InChI=1S/C12H16FNO/c1-9-2-3-10(8-11(9)13)12(14)4-6-15-7-5-12/h2-3,8H,4-7,14H2,1H3. The Morgan fingerprint density at radius 3 is 2.60 bits per heavy atom. The van der Waals surface area contributed by atoms with E-state index in [4.69, 9.17) is 10.5 Å². The molecule has 3 heteroatoms. The molecule has 0 spiro atoms. The van der Waals surface area contributed by atoms with E-state index in [-0.39, 0.29) is 5.82 Å². The van der Waals surface area contributed by atoms with Crippen molar-refractivity contribution in [2.24, 2.45) is 5.73 Å². The van der Waals surface area contributed by atoms with Gasteiger partial charge in [-0.25, -0.2) is 4.39 Å². The Morgan fingerprint density at radius 2 is 2.00 bits per heavy atom. The molecule has 82 valence electrons. The van der Waals surface area contributed by atoms with Crippen LogP contribution >= 0.6 is 0 Å². The largest absolute Gasteiger partial charge is 0.381 e. The average molecular weight is 209 g/mol. The highest BCUT2D eigenvalue weighted by Crippen LogP contribution is 2.30. The molecule has 2 rings (SSSR count). The highest BCUT2D eigenvalue weighted by atomic mass is 19.1. The Hall–Kier alpha value is -0.930. The number of benzene rings is 1. The van der Waals surface area contributed by atoms with E-state index in [1.54, 1.807) is 19.1 Å². The summed E-state index contributed by atoms with van der Waals surface area (Å²) in [4.78, 5) is 0. The van der Waals surface area contributed by atoms with Gasteiger partial charge in [0.1, 0.15) is 5.82 Å². The van der Waals surface area contributed by atoms with Gasteiger partial charge in [-0.2, -0.15) is 0 Å². The molecule has 1 fully saturated rings. The Kier molecular flexibility index (Phi) is 2.76. The van der Waals surface area contributed by atoms with Crippen molar-refractivity contribution in [1.29, 1.82) is 0 Å². The molecular formula is C12H16FNO. The number of hydrogen-bond donors (Lipinski definition) is 1. The summed E-state index contributed by atoms with van der Waals surface area (Å²) in [5, 5.41) is 0. The van der Waals surface area contributed by atoms with Crippen molar-refractivity contribution in [2.75, 3.05) is 13.2 Å². The van der Waals surface area contributed by atoms with Crippen LogP contribution in [-0.4, -0.2) is 13.2 Å². The van der Waals surface area contributed by atoms with Crippen LogP contribution in [0.5, 0.6) is 0 Å². The first-order valence-corrected chi connectivity index (χ1v) is 5.25. The van der Waals surface area contributed by atoms with Crippen LogP contribution < -0.4 is 5.73 Å². The molecule has 0 radical (unpaired) electrons. The normalized spacial score (nSPS) is 20.2. The van der Waals surface area contributed by atoms with Gasteiger partial charge in [-0.15, -0.1) is 0 Å². The summed E-state index contributed by atoms with van der Waals surface area (Å²) in [6.07, 6.45) is 1.52. The average Bonchev–Trinajstić information content (AvgIpc) is 2.23. The van der Waals surface area contributed by atoms with Gasteiger partial charge in [0, 0.05) is 18.8 Å². The third kappa shape index (κ3) is 2.03. The minimum absolute atomic E-state index is 0.177. The molecule has 2 nitrogen and oxygen atoms in total. The molecular weight excluding hydrogens is 193 g/mol. The van der Waals surface area contributed by atoms with Crippen LogP contribution in [0, 0.1) is 12.7 Å². The maximum atomic E-state index is 13.4. The smallest absolute Gasteiger partial charge is 0.126 e. The van der Waals surface area contributed by atoms with Gasteiger partial charge in [-0.05, 0) is 37.0 Å². The van der Waals surface area contributed by atoms with Crippen molar-refractivity contribution in [1.82, 2.24) is 0 Å². The Bertz CT molecular complexity index is 359. The summed E-state index contributed by atoms with van der Waals surface area (Å²) in [6.45, 7) is 3.07. The quantitative estimate of drug-likeness (QED) is 0.768. The number of nitrogens with two attached hydrogens (primary N) is 1. The molecule has 1 aromatic carbocycles. The van der Waals surface area contributed by atoms with Crippen LogP contribution in [0.1, 0.15) is 24.0 Å². The van der Waals surface area contributed by atoms with Gasteiger partial charge >= 0.3 is 0 Å². The molecule has 0 bridgehead atoms. The second-order valence-corrected chi connectivity index (χ2v) is 4.23. The first-order valence-electron chi connectivity index (χ1n) is 5.25. The summed E-state index contributed by atoms with van der Waals surface area (Å²) < 4.78 is 18.7. The lowest BCUT2D eigenvalue weighted by atomic mass is 9.83. The fourth-order valence-corrected chi connectivity index (χ4v) is 1.93. The zero-order valence-electron chi connectivity index (χ0n) is 8.92. The fraction of sp³-hybridized carbons (Fsp3) is 0.500. The van der Waals surface area contributed by atoms with E-state index in [9.17, 15) is 4.39 Å². The van der Waals surface area contributed by atoms with Crippen molar-refractivity contribution in [3.8, 4) is 0 Å². The van der Waals surface area contributed by atoms with E-state index in [1.165, 1.54) is 0 Å². The van der Waals surface area contributed by atoms with Gasteiger partial charge in [0.2, 0.25) is 0 Å². The molecule has 1 heterocycles. The minimum Gasteiger partial charge on any atom is -0.381 e. The molecule has 0 unspecified atom stereocenters. The molecule has 15 heavy (non-hydrogen) atoms. The van der Waals surface area contributed by atoms with E-state index >= 15 is 0 Å². The summed E-state index contributed by atoms with van der Waals surface area (Å²) in [6, 6.07) is 5.26. The second-order valence-electron chi connectivity index (χ2n) is 4.23. The lowest BCUT2D eigenvalue weighted by Gasteiger charge is -2.34. The summed E-state index contributed by atoms with van der Waals surface area (Å²) >= 11 is 0. The summed E-state index contributed by atoms with van der Waals surface area (Å²) in [7, 11) is 0. The zero-order chi connectivity index (χ0) is 10.9. The van der Waals surface area contributed by atoms with Gasteiger partial charge in [-0.1, -0.05) is 12.1 Å². The number of rotatable bonds is 1. The van der Waals surface area contributed by atoms with E-state index in [1.807, 2.05) is 6.07 Å². The number of hydrogen-bond acceptors (Lipinski definition) is 2. The zero-order valence-corrected chi connectivity index (χ0v) is 8.92. The molecule has 0 aliphatic carbocycles. The lowest BCUT2D eigenvalue weighted by molar-refractivity contribution is 0.0521. The minimum atomic E-state index is -0.410. The first kappa shape index (κ1) is 10.6. The van der Waals surface area contributed by atoms with Gasteiger partial charge in [0.05, 0.1) is 0 Å². The molecule has 2 N–H and O–H groups in total. The van der Waals surface area contributed by atoms with Crippen molar-refractivity contribution < 1.29 is 9.13 Å². The third-order valence-corrected chi connectivity index (χ3v) is 3.13. The van der Waals surface area contributed by atoms with E-state index in [0.717, 1.165) is 18.4 Å². The molecule has 0 amide bonds. The predicted octanol–water partition coefficient (Wildman–Crippen LogP) is 2.10. The topological polar surface area (TPSA) is 35.2 Å². The Balaban J connectivity index is 2.31. The molecule has 0 saturated carbocycles. The van der Waals surface area contributed by atoms with Crippen LogP contribution in [-0.2, 0) is 10.3 Å². The highest BCUT2D eigenvalue weighted by molar-refractivity contribution is 5.29. The molecule has 0 atom stereocenters. The molecule has 1 aliphatic heterocycles. The molecule has 1 aliphatic rings. The number of halogens is 1. The van der Waals surface area contributed by atoms with Crippen molar-refractivity contribution >= 4 is 0 Å². The molecule has 1 aromatic rings. The van der Waals surface area contributed by atoms with Crippen LogP contribution in [0.25, 0.3) is 0 Å². The maximum Gasteiger partial charge on any atom is 0.126 e. The predicted molar refractivity (Wildman–Crippen MR) is 57.1 cm³/mol. The fourth-order valence-electron chi connectivity index (χ4n) is 1.93. The maximum absolute atomic E-state index is 13.4. The number of ether oxygens (including phenoxy) is 1. The van der Waals surface area contributed by atoms with E-state index in [0.29, 0.717) is 18.8 Å². The highest BCUT2D eigenvalue weighted by Gasteiger charge is 2.30. The van der Waals surface area contributed by atoms with Crippen LogP contribution in [0.2, 0.25) is 0 Å². The number of aryl methyl sites for hydroxylation is 1. The van der Waals surface area contributed by atoms with Crippen molar-refractivity contribution in [3.05, 3.63) is 35.1 Å². The Labute approximate surface area is 89.2 Å². The summed E-state index contributed by atoms with van der Waals surface area (Å²) in [5.74, 6) is -0.177. The van der Waals surface area contributed by atoms with Gasteiger partial charge < -0.3 is 10.5 Å². The molecule has 0 aromatic heterocycles. The third-order valence-electron chi connectivity index (χ3n) is 3.13. The van der Waals surface area contributed by atoms with Crippen LogP contribution in [0.15, 0.2) is 18.2 Å². The van der Waals surface area contributed by atoms with Crippen LogP contribution in [0.3, 0.4) is 0 Å². The second kappa shape index (κ2) is 3.91. The summed E-state index contributed by atoms with van der Waals surface area (Å²) in [5.41, 5.74) is 7.39. The van der Waals surface area contributed by atoms with Gasteiger partial charge in [0.25, 0.3) is 0 Å². The molecule has 1 saturated heterocycles. The van der Waals surface area contributed by atoms with Crippen molar-refractivity contribution in [2.45, 2.75) is 25.3 Å². The van der Waals surface area contributed by atoms with E-state index < -0.39 is 5.54 Å². The Morgan fingerprint density at radius 1 is 1.33 bits per heavy atom. The first-order chi connectivity index (χ1) is 7.12. The van der Waals surface area contributed by atoms with Gasteiger partial charge in [-0.3, -0.25) is 0 Å². The monoisotopic (exact) mass is 209 g/mol. The lowest BCUT2D eigenvalue weighted by Crippen LogP contribution is -2.42. The van der Waals surface area contributed by atoms with Gasteiger partial charge in [0.15, 0.2) is 0 Å². The van der Waals surface area contributed by atoms with Crippen LogP contribution in [0.4, 0.5) is 4.39 Å². The van der Waals surface area contributed by atoms with E-state index in [2.05, 4.69) is 0 Å². The SMILES string of the molecule is Cc1ccc(C2(N)CCOCC2)cc1F.